The predicted octanol–water partition coefficient (Wildman–Crippen LogP) is 2.05. The molecule has 0 fully saturated rings. The SMILES string of the molecule is C[C@@H](NC(=O)COCc1ccccc1)C(=O)OC(C)(C)C. The molecular formula is C16H23NO4. The van der Waals surface area contributed by atoms with Crippen molar-refractivity contribution in [3.05, 3.63) is 35.9 Å². The summed E-state index contributed by atoms with van der Waals surface area (Å²) in [6, 6.07) is 8.87. The second kappa shape index (κ2) is 7.78. The van der Waals surface area contributed by atoms with Crippen molar-refractivity contribution in [3.63, 3.8) is 0 Å². The molecule has 0 saturated heterocycles. The molecule has 1 rings (SSSR count). The largest absolute Gasteiger partial charge is 0.458 e. The molecule has 0 aliphatic carbocycles. The van der Waals surface area contributed by atoms with Gasteiger partial charge >= 0.3 is 5.97 Å². The molecule has 1 aromatic rings. The van der Waals surface area contributed by atoms with Gasteiger partial charge in [-0.15, -0.1) is 0 Å². The smallest absolute Gasteiger partial charge is 0.328 e. The second-order valence-electron chi connectivity index (χ2n) is 5.80. The highest BCUT2D eigenvalue weighted by molar-refractivity contribution is 5.84. The van der Waals surface area contributed by atoms with E-state index in [1.165, 1.54) is 0 Å². The summed E-state index contributed by atoms with van der Waals surface area (Å²) in [4.78, 5) is 23.4. The molecule has 1 atom stereocenters. The third-order valence-electron chi connectivity index (χ3n) is 2.48. The lowest BCUT2D eigenvalue weighted by Gasteiger charge is -2.22. The normalized spacial score (nSPS) is 12.6. The van der Waals surface area contributed by atoms with Gasteiger partial charge in [0.25, 0.3) is 0 Å². The van der Waals surface area contributed by atoms with Crippen LogP contribution in [0.1, 0.15) is 33.3 Å². The molecular weight excluding hydrogens is 270 g/mol. The predicted molar refractivity (Wildman–Crippen MR) is 79.5 cm³/mol. The van der Waals surface area contributed by atoms with Crippen molar-refractivity contribution in [2.75, 3.05) is 6.61 Å². The molecule has 0 saturated carbocycles. The van der Waals surface area contributed by atoms with Gasteiger partial charge in [-0.05, 0) is 33.3 Å². The molecule has 1 N–H and O–H groups in total. The topological polar surface area (TPSA) is 64.6 Å². The van der Waals surface area contributed by atoms with Gasteiger partial charge in [0.2, 0.25) is 5.91 Å². The van der Waals surface area contributed by atoms with E-state index >= 15 is 0 Å². The number of rotatable bonds is 6. The van der Waals surface area contributed by atoms with E-state index in [1.807, 2.05) is 30.3 Å². The summed E-state index contributed by atoms with van der Waals surface area (Å²) >= 11 is 0. The highest BCUT2D eigenvalue weighted by Crippen LogP contribution is 2.08. The van der Waals surface area contributed by atoms with Gasteiger partial charge in [-0.25, -0.2) is 4.79 Å². The number of benzene rings is 1. The minimum atomic E-state index is -0.697. The molecule has 0 heterocycles. The highest BCUT2D eigenvalue weighted by Gasteiger charge is 2.22. The van der Waals surface area contributed by atoms with Crippen molar-refractivity contribution < 1.29 is 19.1 Å². The average Bonchev–Trinajstić information content (AvgIpc) is 2.37. The summed E-state index contributed by atoms with van der Waals surface area (Å²) < 4.78 is 10.5. The van der Waals surface area contributed by atoms with E-state index < -0.39 is 17.6 Å². The third-order valence-corrected chi connectivity index (χ3v) is 2.48. The van der Waals surface area contributed by atoms with E-state index in [-0.39, 0.29) is 12.5 Å². The van der Waals surface area contributed by atoms with Crippen LogP contribution >= 0.6 is 0 Å². The lowest BCUT2D eigenvalue weighted by atomic mass is 10.2. The number of carbonyl (C=O) groups is 2. The van der Waals surface area contributed by atoms with Gasteiger partial charge in [0.05, 0.1) is 6.61 Å². The summed E-state index contributed by atoms with van der Waals surface area (Å²) in [5.41, 5.74) is 0.422. The highest BCUT2D eigenvalue weighted by atomic mass is 16.6. The second-order valence-corrected chi connectivity index (χ2v) is 5.80. The average molecular weight is 293 g/mol. The number of hydrogen-bond donors (Lipinski definition) is 1. The van der Waals surface area contributed by atoms with E-state index in [0.717, 1.165) is 5.56 Å². The zero-order chi connectivity index (χ0) is 15.9. The fourth-order valence-electron chi connectivity index (χ4n) is 1.57. The zero-order valence-corrected chi connectivity index (χ0v) is 13.0. The molecule has 0 bridgehead atoms. The van der Waals surface area contributed by atoms with Crippen molar-refractivity contribution >= 4 is 11.9 Å². The molecule has 0 aliphatic heterocycles. The van der Waals surface area contributed by atoms with Crippen LogP contribution in [0.25, 0.3) is 0 Å². The molecule has 5 heteroatoms. The van der Waals surface area contributed by atoms with Gasteiger partial charge in [-0.1, -0.05) is 30.3 Å². The van der Waals surface area contributed by atoms with Gasteiger partial charge in [0.1, 0.15) is 18.2 Å². The van der Waals surface area contributed by atoms with Gasteiger partial charge in [-0.3, -0.25) is 4.79 Å². The van der Waals surface area contributed by atoms with Crippen LogP contribution in [0, 0.1) is 0 Å². The Morgan fingerprint density at radius 3 is 2.38 bits per heavy atom. The summed E-state index contributed by atoms with van der Waals surface area (Å²) in [6.45, 7) is 7.19. The monoisotopic (exact) mass is 293 g/mol. The number of carbonyl (C=O) groups excluding carboxylic acids is 2. The first-order valence-corrected chi connectivity index (χ1v) is 6.92. The van der Waals surface area contributed by atoms with E-state index in [4.69, 9.17) is 9.47 Å². The lowest BCUT2D eigenvalue weighted by molar-refractivity contribution is -0.158. The van der Waals surface area contributed by atoms with Crippen LogP contribution in [-0.2, 0) is 25.7 Å². The Labute approximate surface area is 125 Å². The van der Waals surface area contributed by atoms with Crippen molar-refractivity contribution in [1.82, 2.24) is 5.32 Å². The first-order chi connectivity index (χ1) is 9.78. The molecule has 21 heavy (non-hydrogen) atoms. The van der Waals surface area contributed by atoms with Crippen LogP contribution in [0.4, 0.5) is 0 Å². The zero-order valence-electron chi connectivity index (χ0n) is 13.0. The Morgan fingerprint density at radius 2 is 1.81 bits per heavy atom. The number of nitrogens with one attached hydrogen (secondary N) is 1. The molecule has 0 aromatic heterocycles. The van der Waals surface area contributed by atoms with Crippen LogP contribution < -0.4 is 5.32 Å². The van der Waals surface area contributed by atoms with Crippen molar-refractivity contribution in [2.24, 2.45) is 0 Å². The molecule has 0 aliphatic rings. The molecule has 0 spiro atoms. The van der Waals surface area contributed by atoms with Crippen LogP contribution in [-0.4, -0.2) is 30.1 Å². The number of hydrogen-bond acceptors (Lipinski definition) is 4. The Bertz CT molecular complexity index is 465. The fraction of sp³-hybridized carbons (Fsp3) is 0.500. The van der Waals surface area contributed by atoms with Gasteiger partial charge < -0.3 is 14.8 Å². The summed E-state index contributed by atoms with van der Waals surface area (Å²) in [7, 11) is 0. The molecule has 5 nitrogen and oxygen atoms in total. The van der Waals surface area contributed by atoms with Crippen molar-refractivity contribution in [2.45, 2.75) is 45.9 Å². The lowest BCUT2D eigenvalue weighted by Crippen LogP contribution is -2.43. The quantitative estimate of drug-likeness (QED) is 0.815. The Balaban J connectivity index is 2.28. The van der Waals surface area contributed by atoms with E-state index in [9.17, 15) is 9.59 Å². The van der Waals surface area contributed by atoms with Gasteiger partial charge in [0, 0.05) is 0 Å². The van der Waals surface area contributed by atoms with Crippen molar-refractivity contribution in [1.29, 1.82) is 0 Å². The first kappa shape index (κ1) is 17.2. The van der Waals surface area contributed by atoms with Gasteiger partial charge in [0.15, 0.2) is 0 Å². The van der Waals surface area contributed by atoms with Crippen molar-refractivity contribution in [3.8, 4) is 0 Å². The maximum absolute atomic E-state index is 11.7. The Hall–Kier alpha value is -1.88. The number of esters is 1. The first-order valence-electron chi connectivity index (χ1n) is 6.92. The number of ether oxygens (including phenoxy) is 2. The van der Waals surface area contributed by atoms with E-state index in [2.05, 4.69) is 5.32 Å². The molecule has 116 valence electrons. The van der Waals surface area contributed by atoms with Crippen LogP contribution in [0.2, 0.25) is 0 Å². The summed E-state index contributed by atoms with van der Waals surface area (Å²) in [5.74, 6) is -0.803. The standard InChI is InChI=1S/C16H23NO4/c1-12(15(19)21-16(2,3)4)17-14(18)11-20-10-13-8-6-5-7-9-13/h5-9,12H,10-11H2,1-4H3,(H,17,18)/t12-/m1/s1. The van der Waals surface area contributed by atoms with E-state index in [1.54, 1.807) is 27.7 Å². The summed E-state index contributed by atoms with van der Waals surface area (Å²) in [5, 5.41) is 2.55. The van der Waals surface area contributed by atoms with E-state index in [0.29, 0.717) is 6.61 Å². The van der Waals surface area contributed by atoms with Crippen LogP contribution in [0.15, 0.2) is 30.3 Å². The van der Waals surface area contributed by atoms with Gasteiger partial charge in [-0.2, -0.15) is 0 Å². The molecule has 0 unspecified atom stereocenters. The Kier molecular flexibility index (Phi) is 6.37. The minimum Gasteiger partial charge on any atom is -0.458 e. The van der Waals surface area contributed by atoms with Crippen LogP contribution in [0.5, 0.6) is 0 Å². The molecule has 0 radical (unpaired) electrons. The number of amides is 1. The molecule has 1 amide bonds. The maximum Gasteiger partial charge on any atom is 0.328 e. The van der Waals surface area contributed by atoms with Crippen LogP contribution in [0.3, 0.4) is 0 Å². The maximum atomic E-state index is 11.7. The third kappa shape index (κ3) is 7.46. The Morgan fingerprint density at radius 1 is 1.19 bits per heavy atom. The fourth-order valence-corrected chi connectivity index (χ4v) is 1.57. The summed E-state index contributed by atoms with van der Waals surface area (Å²) in [6.07, 6.45) is 0. The minimum absolute atomic E-state index is 0.0952. The molecule has 1 aromatic carbocycles.